The minimum absolute atomic E-state index is 0.223. The summed E-state index contributed by atoms with van der Waals surface area (Å²) in [5.74, 6) is 0.992. The van der Waals surface area contributed by atoms with E-state index >= 15 is 0 Å². The van der Waals surface area contributed by atoms with Gasteiger partial charge >= 0.3 is 0 Å². The van der Waals surface area contributed by atoms with Crippen molar-refractivity contribution in [2.24, 2.45) is 5.73 Å². The summed E-state index contributed by atoms with van der Waals surface area (Å²) in [6.45, 7) is 0.379. The number of nitrogens with two attached hydrogens (primary N) is 1. The molecule has 2 aromatic rings. The minimum Gasteiger partial charge on any atom is -0.508 e. The van der Waals surface area contributed by atoms with Gasteiger partial charge in [0.05, 0.1) is 6.26 Å². The van der Waals surface area contributed by atoms with Gasteiger partial charge in [-0.15, -0.1) is 0 Å². The van der Waals surface area contributed by atoms with Crippen LogP contribution in [0.4, 0.5) is 0 Å². The first-order chi connectivity index (χ1) is 6.81. The first kappa shape index (κ1) is 8.84. The van der Waals surface area contributed by atoms with E-state index in [4.69, 9.17) is 10.2 Å². The molecular weight excluding hydrogens is 178 g/mol. The van der Waals surface area contributed by atoms with E-state index in [1.165, 1.54) is 0 Å². The SMILES string of the molecule is NCc1cc(O)ccc1-c1ccco1. The van der Waals surface area contributed by atoms with E-state index in [1.54, 1.807) is 24.5 Å². The Morgan fingerprint density at radius 2 is 2.14 bits per heavy atom. The van der Waals surface area contributed by atoms with Gasteiger partial charge in [0.2, 0.25) is 0 Å². The molecule has 0 aliphatic heterocycles. The van der Waals surface area contributed by atoms with E-state index < -0.39 is 0 Å². The average Bonchev–Trinajstić information content (AvgIpc) is 2.70. The van der Waals surface area contributed by atoms with Crippen molar-refractivity contribution in [3.05, 3.63) is 42.2 Å². The monoisotopic (exact) mass is 189 g/mol. The van der Waals surface area contributed by atoms with Crippen LogP contribution in [0.3, 0.4) is 0 Å². The van der Waals surface area contributed by atoms with Crippen LogP contribution >= 0.6 is 0 Å². The fourth-order valence-corrected chi connectivity index (χ4v) is 1.42. The molecule has 0 saturated carbocycles. The third-order valence-electron chi connectivity index (χ3n) is 2.10. The number of hydrogen-bond acceptors (Lipinski definition) is 3. The van der Waals surface area contributed by atoms with Gasteiger partial charge in [0.15, 0.2) is 0 Å². The Bertz CT molecular complexity index is 421. The molecule has 0 spiro atoms. The summed E-state index contributed by atoms with van der Waals surface area (Å²) in [7, 11) is 0. The van der Waals surface area contributed by atoms with Gasteiger partial charge in [0.25, 0.3) is 0 Å². The lowest BCUT2D eigenvalue weighted by Gasteiger charge is -2.05. The molecule has 0 saturated heterocycles. The third kappa shape index (κ3) is 1.49. The van der Waals surface area contributed by atoms with Crippen LogP contribution < -0.4 is 5.73 Å². The van der Waals surface area contributed by atoms with E-state index in [9.17, 15) is 5.11 Å². The second-order valence-corrected chi connectivity index (χ2v) is 3.02. The molecular formula is C11H11NO2. The highest BCUT2D eigenvalue weighted by Crippen LogP contribution is 2.26. The van der Waals surface area contributed by atoms with Gasteiger partial charge in [0.1, 0.15) is 11.5 Å². The molecule has 0 radical (unpaired) electrons. The molecule has 3 nitrogen and oxygen atoms in total. The summed E-state index contributed by atoms with van der Waals surface area (Å²) in [5, 5.41) is 9.28. The highest BCUT2D eigenvalue weighted by atomic mass is 16.3. The Labute approximate surface area is 81.8 Å². The van der Waals surface area contributed by atoms with Crippen molar-refractivity contribution in [1.82, 2.24) is 0 Å². The number of phenolic OH excluding ortho intramolecular Hbond substituents is 1. The largest absolute Gasteiger partial charge is 0.508 e. The Morgan fingerprint density at radius 1 is 1.29 bits per heavy atom. The quantitative estimate of drug-likeness (QED) is 0.760. The maximum Gasteiger partial charge on any atom is 0.134 e. The van der Waals surface area contributed by atoms with E-state index in [-0.39, 0.29) is 5.75 Å². The summed E-state index contributed by atoms with van der Waals surface area (Å²) >= 11 is 0. The summed E-state index contributed by atoms with van der Waals surface area (Å²) in [6.07, 6.45) is 1.61. The average molecular weight is 189 g/mol. The predicted molar refractivity (Wildman–Crippen MR) is 53.7 cm³/mol. The Hall–Kier alpha value is -1.74. The Balaban J connectivity index is 2.53. The molecule has 0 fully saturated rings. The lowest BCUT2D eigenvalue weighted by Crippen LogP contribution is -1.98. The number of hydrogen-bond donors (Lipinski definition) is 2. The fourth-order valence-electron chi connectivity index (χ4n) is 1.42. The van der Waals surface area contributed by atoms with Crippen LogP contribution in [0.15, 0.2) is 41.0 Å². The van der Waals surface area contributed by atoms with Crippen LogP contribution in [-0.4, -0.2) is 5.11 Å². The molecule has 1 aromatic carbocycles. The maximum atomic E-state index is 9.28. The fraction of sp³-hybridized carbons (Fsp3) is 0.0909. The van der Waals surface area contributed by atoms with E-state index in [1.807, 2.05) is 12.1 Å². The van der Waals surface area contributed by atoms with Crippen molar-refractivity contribution in [2.75, 3.05) is 0 Å². The molecule has 0 atom stereocenters. The zero-order valence-electron chi connectivity index (χ0n) is 7.60. The second kappa shape index (κ2) is 3.55. The molecule has 72 valence electrons. The first-order valence-corrected chi connectivity index (χ1v) is 4.37. The van der Waals surface area contributed by atoms with Crippen molar-refractivity contribution in [3.8, 4) is 17.1 Å². The van der Waals surface area contributed by atoms with E-state index in [2.05, 4.69) is 0 Å². The predicted octanol–water partition coefficient (Wildman–Crippen LogP) is 2.11. The molecule has 0 aliphatic carbocycles. The standard InChI is InChI=1S/C11H11NO2/c12-7-8-6-9(13)3-4-10(8)11-2-1-5-14-11/h1-6,13H,7,12H2. The van der Waals surface area contributed by atoms with Crippen molar-refractivity contribution < 1.29 is 9.52 Å². The van der Waals surface area contributed by atoms with Gasteiger partial charge in [-0.2, -0.15) is 0 Å². The van der Waals surface area contributed by atoms with Gasteiger partial charge in [-0.1, -0.05) is 0 Å². The Kier molecular flexibility index (Phi) is 2.24. The Morgan fingerprint density at radius 3 is 2.79 bits per heavy atom. The van der Waals surface area contributed by atoms with Gasteiger partial charge in [-0.25, -0.2) is 0 Å². The topological polar surface area (TPSA) is 59.4 Å². The van der Waals surface area contributed by atoms with Crippen LogP contribution in [0.2, 0.25) is 0 Å². The summed E-state index contributed by atoms with van der Waals surface area (Å²) in [5.41, 5.74) is 7.37. The molecule has 0 amide bonds. The smallest absolute Gasteiger partial charge is 0.134 e. The van der Waals surface area contributed by atoms with Crippen LogP contribution in [0.5, 0.6) is 5.75 Å². The molecule has 0 aliphatic rings. The maximum absolute atomic E-state index is 9.28. The van der Waals surface area contributed by atoms with Crippen LogP contribution in [0.25, 0.3) is 11.3 Å². The third-order valence-corrected chi connectivity index (χ3v) is 2.10. The van der Waals surface area contributed by atoms with Crippen LogP contribution in [0, 0.1) is 0 Å². The van der Waals surface area contributed by atoms with Gasteiger partial charge in [-0.05, 0) is 35.9 Å². The van der Waals surface area contributed by atoms with Gasteiger partial charge < -0.3 is 15.3 Å². The van der Waals surface area contributed by atoms with Crippen molar-refractivity contribution in [1.29, 1.82) is 0 Å². The summed E-state index contributed by atoms with van der Waals surface area (Å²) in [4.78, 5) is 0. The number of rotatable bonds is 2. The van der Waals surface area contributed by atoms with Crippen molar-refractivity contribution in [2.45, 2.75) is 6.54 Å². The number of phenols is 1. The number of aromatic hydroxyl groups is 1. The molecule has 2 rings (SSSR count). The molecule has 3 heteroatoms. The summed E-state index contributed by atoms with van der Waals surface area (Å²) < 4.78 is 5.26. The molecule has 0 unspecified atom stereocenters. The number of furan rings is 1. The molecule has 14 heavy (non-hydrogen) atoms. The van der Waals surface area contributed by atoms with Crippen LogP contribution in [0.1, 0.15) is 5.56 Å². The molecule has 1 heterocycles. The lowest BCUT2D eigenvalue weighted by molar-refractivity contribution is 0.474. The van der Waals surface area contributed by atoms with E-state index in [0.717, 1.165) is 16.9 Å². The van der Waals surface area contributed by atoms with Crippen molar-refractivity contribution >= 4 is 0 Å². The minimum atomic E-state index is 0.223. The zero-order valence-corrected chi connectivity index (χ0v) is 7.60. The normalized spacial score (nSPS) is 10.4. The van der Waals surface area contributed by atoms with Crippen LogP contribution in [-0.2, 0) is 6.54 Å². The van der Waals surface area contributed by atoms with E-state index in [0.29, 0.717) is 6.54 Å². The molecule has 1 aromatic heterocycles. The second-order valence-electron chi connectivity index (χ2n) is 3.02. The highest BCUT2D eigenvalue weighted by molar-refractivity contribution is 5.63. The van der Waals surface area contributed by atoms with Crippen molar-refractivity contribution in [3.63, 3.8) is 0 Å². The molecule has 0 bridgehead atoms. The number of benzene rings is 1. The highest BCUT2D eigenvalue weighted by Gasteiger charge is 2.06. The summed E-state index contributed by atoms with van der Waals surface area (Å²) in [6, 6.07) is 8.76. The zero-order chi connectivity index (χ0) is 9.97. The van der Waals surface area contributed by atoms with Gasteiger partial charge in [0, 0.05) is 12.1 Å². The van der Waals surface area contributed by atoms with Gasteiger partial charge in [-0.3, -0.25) is 0 Å². The lowest BCUT2D eigenvalue weighted by atomic mass is 10.1. The first-order valence-electron chi connectivity index (χ1n) is 4.37. The molecule has 3 N–H and O–H groups in total.